The number of fused-ring (bicyclic) bond motifs is 1. The molecule has 4 heteroatoms. The third-order valence-electron chi connectivity index (χ3n) is 5.80. The number of hydrogen-bond acceptors (Lipinski definition) is 3. The Morgan fingerprint density at radius 3 is 2.68 bits per heavy atom. The zero-order chi connectivity index (χ0) is 19.0. The molecular formula is C24H22N2O2. The lowest BCUT2D eigenvalue weighted by Crippen LogP contribution is -2.40. The van der Waals surface area contributed by atoms with E-state index in [9.17, 15) is 4.79 Å². The summed E-state index contributed by atoms with van der Waals surface area (Å²) in [4.78, 5) is 17.0. The quantitative estimate of drug-likeness (QED) is 0.741. The number of nitrogens with zero attached hydrogens (tertiary/aromatic N) is 1. The Kier molecular flexibility index (Phi) is 4.12. The van der Waals surface area contributed by atoms with Crippen molar-refractivity contribution in [3.63, 3.8) is 0 Å². The largest absolute Gasteiger partial charge is 0.488 e. The fourth-order valence-corrected chi connectivity index (χ4v) is 4.05. The maximum absolute atomic E-state index is 12.8. The summed E-state index contributed by atoms with van der Waals surface area (Å²) >= 11 is 0. The van der Waals surface area contributed by atoms with Crippen LogP contribution in [0, 0.1) is 0 Å². The van der Waals surface area contributed by atoms with E-state index in [0.29, 0.717) is 6.54 Å². The van der Waals surface area contributed by atoms with Gasteiger partial charge in [-0.3, -0.25) is 9.78 Å². The first kappa shape index (κ1) is 17.0. The summed E-state index contributed by atoms with van der Waals surface area (Å²) in [6.45, 7) is 0.532. The molecule has 1 fully saturated rings. The molecule has 1 saturated carbocycles. The molecule has 2 aliphatic rings. The SMILES string of the molecule is O=C(NCC1Cc2cc(-c3cccnc3)ccc2O1)C1(c2ccccc2)CC1. The molecule has 1 atom stereocenters. The predicted octanol–water partition coefficient (Wildman–Crippen LogP) is 3.90. The van der Waals surface area contributed by atoms with Gasteiger partial charge >= 0.3 is 0 Å². The average Bonchev–Trinajstić information content (AvgIpc) is 3.47. The van der Waals surface area contributed by atoms with Crippen molar-refractivity contribution in [2.24, 2.45) is 0 Å². The first-order valence-electron chi connectivity index (χ1n) is 9.78. The van der Waals surface area contributed by atoms with Gasteiger partial charge in [0.2, 0.25) is 5.91 Å². The van der Waals surface area contributed by atoms with Crippen molar-refractivity contribution in [2.45, 2.75) is 30.8 Å². The maximum Gasteiger partial charge on any atom is 0.230 e. The molecule has 0 radical (unpaired) electrons. The molecule has 1 N–H and O–H groups in total. The summed E-state index contributed by atoms with van der Waals surface area (Å²) < 4.78 is 6.06. The van der Waals surface area contributed by atoms with Crippen LogP contribution in [-0.4, -0.2) is 23.5 Å². The molecular weight excluding hydrogens is 348 g/mol. The summed E-state index contributed by atoms with van der Waals surface area (Å²) in [5.41, 5.74) is 4.20. The Morgan fingerprint density at radius 2 is 1.93 bits per heavy atom. The van der Waals surface area contributed by atoms with E-state index in [0.717, 1.165) is 41.7 Å². The van der Waals surface area contributed by atoms with Crippen LogP contribution in [0.4, 0.5) is 0 Å². The number of carbonyl (C=O) groups excluding carboxylic acids is 1. The number of amides is 1. The van der Waals surface area contributed by atoms with Crippen molar-refractivity contribution >= 4 is 5.91 Å². The zero-order valence-corrected chi connectivity index (χ0v) is 15.6. The number of aromatic nitrogens is 1. The van der Waals surface area contributed by atoms with Gasteiger partial charge in [0.15, 0.2) is 0 Å². The molecule has 28 heavy (non-hydrogen) atoms. The van der Waals surface area contributed by atoms with E-state index < -0.39 is 0 Å². The summed E-state index contributed by atoms with van der Waals surface area (Å²) in [6.07, 6.45) is 6.28. The normalized spacial score (nSPS) is 18.8. The highest BCUT2D eigenvalue weighted by molar-refractivity contribution is 5.91. The molecule has 1 aliphatic heterocycles. The van der Waals surface area contributed by atoms with Crippen LogP contribution >= 0.6 is 0 Å². The monoisotopic (exact) mass is 370 g/mol. The topological polar surface area (TPSA) is 51.2 Å². The maximum atomic E-state index is 12.8. The number of rotatable bonds is 5. The number of hydrogen-bond donors (Lipinski definition) is 1. The average molecular weight is 370 g/mol. The van der Waals surface area contributed by atoms with Gasteiger partial charge in [0.1, 0.15) is 11.9 Å². The minimum atomic E-state index is -0.333. The molecule has 0 saturated heterocycles. The van der Waals surface area contributed by atoms with Crippen LogP contribution in [0.5, 0.6) is 5.75 Å². The van der Waals surface area contributed by atoms with Crippen molar-refractivity contribution in [1.82, 2.24) is 10.3 Å². The van der Waals surface area contributed by atoms with Crippen LogP contribution in [0.3, 0.4) is 0 Å². The number of carbonyl (C=O) groups is 1. The molecule has 0 spiro atoms. The minimum Gasteiger partial charge on any atom is -0.488 e. The first-order chi connectivity index (χ1) is 13.7. The van der Waals surface area contributed by atoms with Gasteiger partial charge in [-0.05, 0) is 47.7 Å². The lowest BCUT2D eigenvalue weighted by atomic mass is 9.95. The third kappa shape index (κ3) is 3.05. The van der Waals surface area contributed by atoms with Crippen LogP contribution < -0.4 is 10.1 Å². The van der Waals surface area contributed by atoms with Crippen LogP contribution in [-0.2, 0) is 16.6 Å². The molecule has 1 unspecified atom stereocenters. The molecule has 2 aromatic carbocycles. The first-order valence-corrected chi connectivity index (χ1v) is 9.78. The Balaban J connectivity index is 1.23. The Labute approximate surface area is 164 Å². The van der Waals surface area contributed by atoms with Gasteiger partial charge in [0.05, 0.1) is 12.0 Å². The van der Waals surface area contributed by atoms with Crippen molar-refractivity contribution in [3.8, 4) is 16.9 Å². The summed E-state index contributed by atoms with van der Waals surface area (Å²) in [7, 11) is 0. The van der Waals surface area contributed by atoms with Gasteiger partial charge in [-0.1, -0.05) is 42.5 Å². The molecule has 140 valence electrons. The Bertz CT molecular complexity index is 998. The fourth-order valence-electron chi connectivity index (χ4n) is 4.05. The van der Waals surface area contributed by atoms with Crippen LogP contribution in [0.15, 0.2) is 73.1 Å². The lowest BCUT2D eigenvalue weighted by molar-refractivity contribution is -0.123. The van der Waals surface area contributed by atoms with Gasteiger partial charge in [-0.25, -0.2) is 0 Å². The zero-order valence-electron chi connectivity index (χ0n) is 15.6. The van der Waals surface area contributed by atoms with E-state index in [1.165, 1.54) is 5.56 Å². The predicted molar refractivity (Wildman–Crippen MR) is 108 cm³/mol. The highest BCUT2D eigenvalue weighted by atomic mass is 16.5. The van der Waals surface area contributed by atoms with Gasteiger partial charge in [0, 0.05) is 24.4 Å². The summed E-state index contributed by atoms with van der Waals surface area (Å²) in [6, 6.07) is 20.3. The second-order valence-corrected chi connectivity index (χ2v) is 7.67. The highest BCUT2D eigenvalue weighted by Gasteiger charge is 2.51. The molecule has 0 bridgehead atoms. The number of ether oxygens (including phenoxy) is 1. The number of benzene rings is 2. The van der Waals surface area contributed by atoms with Gasteiger partial charge in [0.25, 0.3) is 0 Å². The smallest absolute Gasteiger partial charge is 0.230 e. The summed E-state index contributed by atoms with van der Waals surface area (Å²) in [5.74, 6) is 1.03. The van der Waals surface area contributed by atoms with Crippen molar-refractivity contribution in [1.29, 1.82) is 0 Å². The summed E-state index contributed by atoms with van der Waals surface area (Å²) in [5, 5.41) is 3.13. The highest BCUT2D eigenvalue weighted by Crippen LogP contribution is 2.48. The van der Waals surface area contributed by atoms with E-state index in [1.807, 2.05) is 36.5 Å². The van der Waals surface area contributed by atoms with E-state index in [-0.39, 0.29) is 17.4 Å². The molecule has 5 rings (SSSR count). The molecule has 3 aromatic rings. The van der Waals surface area contributed by atoms with Crippen molar-refractivity contribution < 1.29 is 9.53 Å². The van der Waals surface area contributed by atoms with E-state index in [1.54, 1.807) is 6.20 Å². The number of pyridine rings is 1. The molecule has 1 aromatic heterocycles. The van der Waals surface area contributed by atoms with Crippen molar-refractivity contribution in [3.05, 3.63) is 84.2 Å². The van der Waals surface area contributed by atoms with E-state index in [4.69, 9.17) is 4.74 Å². The third-order valence-corrected chi connectivity index (χ3v) is 5.80. The Hall–Kier alpha value is -3.14. The van der Waals surface area contributed by atoms with Gasteiger partial charge < -0.3 is 10.1 Å². The fraction of sp³-hybridized carbons (Fsp3) is 0.250. The second-order valence-electron chi connectivity index (χ2n) is 7.67. The number of nitrogens with one attached hydrogen (secondary N) is 1. The standard InChI is InChI=1S/C24H22N2O2/c27-23(24(10-11-24)20-6-2-1-3-7-20)26-16-21-14-19-13-17(8-9-22(19)28-21)18-5-4-12-25-15-18/h1-9,12-13,15,21H,10-11,14,16H2,(H,26,27). The minimum absolute atomic E-state index is 0.0188. The van der Waals surface area contributed by atoms with Gasteiger partial charge in [-0.15, -0.1) is 0 Å². The molecule has 1 aliphatic carbocycles. The molecule has 1 amide bonds. The van der Waals surface area contributed by atoms with Crippen LogP contribution in [0.1, 0.15) is 24.0 Å². The lowest BCUT2D eigenvalue weighted by Gasteiger charge is -2.18. The second kappa shape index (κ2) is 6.79. The van der Waals surface area contributed by atoms with Crippen LogP contribution in [0.25, 0.3) is 11.1 Å². The molecule has 2 heterocycles. The van der Waals surface area contributed by atoms with E-state index >= 15 is 0 Å². The Morgan fingerprint density at radius 1 is 1.07 bits per heavy atom. The van der Waals surface area contributed by atoms with Gasteiger partial charge in [-0.2, -0.15) is 0 Å². The molecule has 4 nitrogen and oxygen atoms in total. The van der Waals surface area contributed by atoms with E-state index in [2.05, 4.69) is 40.6 Å². The van der Waals surface area contributed by atoms with Crippen molar-refractivity contribution in [2.75, 3.05) is 6.54 Å². The van der Waals surface area contributed by atoms with Crippen LogP contribution in [0.2, 0.25) is 0 Å².